The number of rotatable bonds is 5. The maximum atomic E-state index is 11.1. The molecule has 0 saturated heterocycles. The molecule has 17 heavy (non-hydrogen) atoms. The maximum Gasteiger partial charge on any atom is 0.237 e. The second kappa shape index (κ2) is 5.18. The highest BCUT2D eigenvalue weighted by Gasteiger charge is 2.21. The SMILES string of the molecule is Cc1nn(C)c(N(CC(N)=O)C(C)C)c1CN. The Kier molecular flexibility index (Phi) is 4.11. The smallest absolute Gasteiger partial charge is 0.237 e. The van der Waals surface area contributed by atoms with Crippen molar-refractivity contribution >= 4 is 11.7 Å². The predicted molar refractivity (Wildman–Crippen MR) is 67.5 cm³/mol. The Hall–Kier alpha value is -1.56. The molecule has 0 fully saturated rings. The lowest BCUT2D eigenvalue weighted by atomic mass is 10.2. The van der Waals surface area contributed by atoms with Crippen molar-refractivity contribution in [3.63, 3.8) is 0 Å². The molecule has 1 aromatic heterocycles. The van der Waals surface area contributed by atoms with Gasteiger partial charge in [-0.15, -0.1) is 0 Å². The van der Waals surface area contributed by atoms with Crippen molar-refractivity contribution in [2.24, 2.45) is 18.5 Å². The van der Waals surface area contributed by atoms with Crippen LogP contribution in [0, 0.1) is 6.92 Å². The van der Waals surface area contributed by atoms with Gasteiger partial charge in [-0.05, 0) is 20.8 Å². The van der Waals surface area contributed by atoms with E-state index in [9.17, 15) is 4.79 Å². The number of hydrogen-bond acceptors (Lipinski definition) is 4. The second-order valence-electron chi connectivity index (χ2n) is 4.40. The molecule has 0 unspecified atom stereocenters. The quantitative estimate of drug-likeness (QED) is 0.750. The Balaban J connectivity index is 3.22. The van der Waals surface area contributed by atoms with E-state index in [1.165, 1.54) is 0 Å². The van der Waals surface area contributed by atoms with Gasteiger partial charge in [-0.2, -0.15) is 5.10 Å². The van der Waals surface area contributed by atoms with Gasteiger partial charge in [0.2, 0.25) is 5.91 Å². The molecule has 0 saturated carbocycles. The lowest BCUT2D eigenvalue weighted by molar-refractivity contribution is -0.116. The summed E-state index contributed by atoms with van der Waals surface area (Å²) in [6.07, 6.45) is 0. The first kappa shape index (κ1) is 13.5. The molecule has 0 aromatic carbocycles. The Labute approximate surface area is 102 Å². The number of hydrogen-bond donors (Lipinski definition) is 2. The van der Waals surface area contributed by atoms with Crippen LogP contribution in [0.15, 0.2) is 0 Å². The molecule has 0 radical (unpaired) electrons. The Morgan fingerprint density at radius 3 is 2.53 bits per heavy atom. The van der Waals surface area contributed by atoms with Crippen LogP contribution in [0.4, 0.5) is 5.82 Å². The molecule has 0 aliphatic carbocycles. The molecule has 1 aromatic rings. The lowest BCUT2D eigenvalue weighted by Crippen LogP contribution is -2.40. The molecule has 1 heterocycles. The topological polar surface area (TPSA) is 90.2 Å². The summed E-state index contributed by atoms with van der Waals surface area (Å²) < 4.78 is 1.75. The normalized spacial score (nSPS) is 10.9. The number of nitrogens with two attached hydrogens (primary N) is 2. The van der Waals surface area contributed by atoms with Gasteiger partial charge < -0.3 is 16.4 Å². The Bertz CT molecular complexity index is 410. The van der Waals surface area contributed by atoms with Crippen molar-refractivity contribution in [2.45, 2.75) is 33.4 Å². The molecule has 1 rings (SSSR count). The summed E-state index contributed by atoms with van der Waals surface area (Å²) in [5.74, 6) is 0.513. The fraction of sp³-hybridized carbons (Fsp3) is 0.636. The summed E-state index contributed by atoms with van der Waals surface area (Å²) in [5, 5.41) is 4.34. The monoisotopic (exact) mass is 239 g/mol. The third-order valence-corrected chi connectivity index (χ3v) is 2.74. The van der Waals surface area contributed by atoms with E-state index in [4.69, 9.17) is 11.5 Å². The molecule has 4 N–H and O–H groups in total. The minimum Gasteiger partial charge on any atom is -0.368 e. The van der Waals surface area contributed by atoms with Gasteiger partial charge in [0, 0.05) is 25.2 Å². The number of anilines is 1. The molecule has 0 bridgehead atoms. The average molecular weight is 239 g/mol. The van der Waals surface area contributed by atoms with Gasteiger partial charge >= 0.3 is 0 Å². The number of primary amides is 1. The van der Waals surface area contributed by atoms with Gasteiger partial charge in [0.25, 0.3) is 0 Å². The van der Waals surface area contributed by atoms with Crippen LogP contribution < -0.4 is 16.4 Å². The van der Waals surface area contributed by atoms with Crippen LogP contribution in [0.1, 0.15) is 25.1 Å². The molecule has 1 amide bonds. The number of carbonyl (C=O) groups is 1. The third-order valence-electron chi connectivity index (χ3n) is 2.74. The summed E-state index contributed by atoms with van der Waals surface area (Å²) in [6, 6.07) is 0.155. The summed E-state index contributed by atoms with van der Waals surface area (Å²) in [7, 11) is 1.85. The zero-order chi connectivity index (χ0) is 13.2. The first-order valence-electron chi connectivity index (χ1n) is 5.66. The zero-order valence-electron chi connectivity index (χ0n) is 10.9. The molecule has 0 atom stereocenters. The average Bonchev–Trinajstić information content (AvgIpc) is 2.48. The van der Waals surface area contributed by atoms with Gasteiger partial charge in [0.05, 0.1) is 12.2 Å². The van der Waals surface area contributed by atoms with E-state index in [2.05, 4.69) is 5.10 Å². The Morgan fingerprint density at radius 1 is 1.53 bits per heavy atom. The van der Waals surface area contributed by atoms with E-state index in [-0.39, 0.29) is 18.5 Å². The van der Waals surface area contributed by atoms with E-state index in [0.29, 0.717) is 6.54 Å². The molecule has 6 nitrogen and oxygen atoms in total. The fourth-order valence-corrected chi connectivity index (χ4v) is 1.96. The number of carbonyl (C=O) groups excluding carboxylic acids is 1. The largest absolute Gasteiger partial charge is 0.368 e. The van der Waals surface area contributed by atoms with Crippen molar-refractivity contribution in [3.8, 4) is 0 Å². The van der Waals surface area contributed by atoms with Gasteiger partial charge in [0.15, 0.2) is 0 Å². The summed E-state index contributed by atoms with van der Waals surface area (Å²) in [4.78, 5) is 13.0. The van der Waals surface area contributed by atoms with Crippen molar-refractivity contribution in [1.29, 1.82) is 0 Å². The molecule has 96 valence electrons. The highest BCUT2D eigenvalue weighted by atomic mass is 16.1. The van der Waals surface area contributed by atoms with Gasteiger partial charge in [-0.3, -0.25) is 9.48 Å². The number of amides is 1. The van der Waals surface area contributed by atoms with Crippen LogP contribution in [0.2, 0.25) is 0 Å². The van der Waals surface area contributed by atoms with E-state index < -0.39 is 0 Å². The van der Waals surface area contributed by atoms with E-state index in [1.54, 1.807) is 4.68 Å². The van der Waals surface area contributed by atoms with Gasteiger partial charge in [-0.25, -0.2) is 0 Å². The number of nitrogens with zero attached hydrogens (tertiary/aromatic N) is 3. The third kappa shape index (κ3) is 2.76. The molecule has 6 heteroatoms. The van der Waals surface area contributed by atoms with Crippen molar-refractivity contribution in [1.82, 2.24) is 9.78 Å². The van der Waals surface area contributed by atoms with Crippen LogP contribution in [0.25, 0.3) is 0 Å². The van der Waals surface area contributed by atoms with Crippen molar-refractivity contribution in [2.75, 3.05) is 11.4 Å². The van der Waals surface area contributed by atoms with Crippen LogP contribution in [-0.4, -0.2) is 28.3 Å². The fourth-order valence-electron chi connectivity index (χ4n) is 1.96. The van der Waals surface area contributed by atoms with E-state index in [1.807, 2.05) is 32.7 Å². The van der Waals surface area contributed by atoms with Crippen LogP contribution >= 0.6 is 0 Å². The number of aromatic nitrogens is 2. The van der Waals surface area contributed by atoms with Crippen molar-refractivity contribution in [3.05, 3.63) is 11.3 Å². The van der Waals surface area contributed by atoms with Crippen LogP contribution in [-0.2, 0) is 18.4 Å². The molecule has 0 aliphatic rings. The minimum absolute atomic E-state index is 0.155. The van der Waals surface area contributed by atoms with E-state index in [0.717, 1.165) is 17.1 Å². The van der Waals surface area contributed by atoms with Crippen LogP contribution in [0.3, 0.4) is 0 Å². The van der Waals surface area contributed by atoms with Crippen LogP contribution in [0.5, 0.6) is 0 Å². The Morgan fingerprint density at radius 2 is 2.12 bits per heavy atom. The first-order chi connectivity index (χ1) is 7.88. The summed E-state index contributed by atoms with van der Waals surface area (Å²) >= 11 is 0. The summed E-state index contributed by atoms with van der Waals surface area (Å²) in [5.41, 5.74) is 12.9. The van der Waals surface area contributed by atoms with E-state index >= 15 is 0 Å². The predicted octanol–water partition coefficient (Wildman–Crippen LogP) is -0.113. The molecular weight excluding hydrogens is 218 g/mol. The first-order valence-corrected chi connectivity index (χ1v) is 5.66. The molecule has 0 aliphatic heterocycles. The summed E-state index contributed by atoms with van der Waals surface area (Å²) in [6.45, 7) is 6.49. The number of aryl methyl sites for hydroxylation is 2. The molecule has 0 spiro atoms. The maximum absolute atomic E-state index is 11.1. The second-order valence-corrected chi connectivity index (χ2v) is 4.40. The molecular formula is C11H21N5O. The highest BCUT2D eigenvalue weighted by Crippen LogP contribution is 2.24. The zero-order valence-corrected chi connectivity index (χ0v) is 10.9. The minimum atomic E-state index is -0.361. The lowest BCUT2D eigenvalue weighted by Gasteiger charge is -2.28. The van der Waals surface area contributed by atoms with Crippen molar-refractivity contribution < 1.29 is 4.79 Å². The van der Waals surface area contributed by atoms with Gasteiger partial charge in [0.1, 0.15) is 5.82 Å². The van der Waals surface area contributed by atoms with Gasteiger partial charge in [-0.1, -0.05) is 0 Å². The standard InChI is InChI=1S/C11H21N5O/c1-7(2)16(6-10(13)17)11-9(5-12)8(3)14-15(11)4/h7H,5-6,12H2,1-4H3,(H2,13,17). The highest BCUT2D eigenvalue weighted by molar-refractivity contribution is 5.79.